The van der Waals surface area contributed by atoms with E-state index in [1.54, 1.807) is 0 Å². The Morgan fingerprint density at radius 2 is 1.81 bits per heavy atom. The van der Waals surface area contributed by atoms with Gasteiger partial charge in [-0.25, -0.2) is 9.97 Å². The zero-order chi connectivity index (χ0) is 18.5. The first-order chi connectivity index (χ1) is 13.1. The molecule has 2 saturated heterocycles. The van der Waals surface area contributed by atoms with Crippen LogP contribution in [0.3, 0.4) is 0 Å². The monoisotopic (exact) mass is 368 g/mol. The van der Waals surface area contributed by atoms with E-state index < -0.39 is 0 Å². The molecule has 1 aliphatic carbocycles. The Kier molecular flexibility index (Phi) is 4.15. The van der Waals surface area contributed by atoms with Gasteiger partial charge in [0.1, 0.15) is 11.6 Å². The highest BCUT2D eigenvalue weighted by Crippen LogP contribution is 2.37. The Morgan fingerprint density at radius 1 is 1.04 bits per heavy atom. The van der Waals surface area contributed by atoms with E-state index in [2.05, 4.69) is 38.8 Å². The number of hydrogen-bond donors (Lipinski definition) is 0. The smallest absolute Gasteiger partial charge is 0.240 e. The molecule has 0 N–H and O–H groups in total. The van der Waals surface area contributed by atoms with Crippen molar-refractivity contribution in [3.8, 4) is 0 Å². The highest BCUT2D eigenvalue weighted by atomic mass is 16.5. The van der Waals surface area contributed by atoms with Gasteiger partial charge in [-0.2, -0.15) is 4.98 Å². The summed E-state index contributed by atoms with van der Waals surface area (Å²) >= 11 is 0. The molecule has 0 aromatic carbocycles. The molecular weight excluding hydrogens is 340 g/mol. The van der Waals surface area contributed by atoms with E-state index in [0.717, 1.165) is 63.1 Å². The Hall–Kier alpha value is -2.02. The molecule has 2 aromatic rings. The van der Waals surface area contributed by atoms with Gasteiger partial charge in [-0.15, -0.1) is 0 Å². The van der Waals surface area contributed by atoms with Crippen LogP contribution in [0.25, 0.3) is 0 Å². The summed E-state index contributed by atoms with van der Waals surface area (Å²) in [7, 11) is 0. The molecule has 0 radical (unpaired) electrons. The van der Waals surface area contributed by atoms with Crippen LogP contribution in [0.2, 0.25) is 0 Å². The first kappa shape index (κ1) is 17.1. The van der Waals surface area contributed by atoms with Gasteiger partial charge >= 0.3 is 0 Å². The van der Waals surface area contributed by atoms with Crippen molar-refractivity contribution in [3.63, 3.8) is 0 Å². The van der Waals surface area contributed by atoms with Crippen LogP contribution in [-0.2, 0) is 19.4 Å². The second-order valence-corrected chi connectivity index (χ2v) is 8.69. The number of anilines is 1. The van der Waals surface area contributed by atoms with Gasteiger partial charge in [-0.05, 0) is 38.0 Å². The first-order valence-electron chi connectivity index (χ1n) is 10.2. The quantitative estimate of drug-likeness (QED) is 0.820. The average molecular weight is 368 g/mol. The molecule has 7 nitrogen and oxygen atoms in total. The number of fused-ring (bicyclic) bond motifs is 2. The third-order valence-electron chi connectivity index (χ3n) is 6.24. The molecule has 4 heterocycles. The van der Waals surface area contributed by atoms with Crippen LogP contribution in [0.15, 0.2) is 4.52 Å². The average Bonchev–Trinajstić information content (AvgIpc) is 3.36. The molecule has 27 heavy (non-hydrogen) atoms. The van der Waals surface area contributed by atoms with Gasteiger partial charge in [-0.1, -0.05) is 19.0 Å². The Labute approximate surface area is 160 Å². The van der Waals surface area contributed by atoms with Crippen molar-refractivity contribution in [1.82, 2.24) is 25.0 Å². The summed E-state index contributed by atoms with van der Waals surface area (Å²) in [5.41, 5.74) is 2.69. The van der Waals surface area contributed by atoms with Gasteiger partial charge in [0.05, 0.1) is 6.54 Å². The summed E-state index contributed by atoms with van der Waals surface area (Å²) in [5.74, 6) is 5.40. The molecular formula is C20H28N6O. The first-order valence-corrected chi connectivity index (χ1v) is 10.2. The lowest BCUT2D eigenvalue weighted by Crippen LogP contribution is -2.30. The third-order valence-corrected chi connectivity index (χ3v) is 6.24. The summed E-state index contributed by atoms with van der Waals surface area (Å²) in [6.07, 6.45) is 3.47. The molecule has 3 aliphatic rings. The van der Waals surface area contributed by atoms with E-state index in [1.807, 2.05) is 6.92 Å². The van der Waals surface area contributed by atoms with Crippen molar-refractivity contribution in [1.29, 1.82) is 0 Å². The van der Waals surface area contributed by atoms with Crippen molar-refractivity contribution < 1.29 is 4.52 Å². The van der Waals surface area contributed by atoms with Crippen molar-refractivity contribution in [3.05, 3.63) is 28.8 Å². The van der Waals surface area contributed by atoms with Gasteiger partial charge in [0.25, 0.3) is 0 Å². The van der Waals surface area contributed by atoms with E-state index in [-0.39, 0.29) is 0 Å². The summed E-state index contributed by atoms with van der Waals surface area (Å²) in [6, 6.07) is 0. The topological polar surface area (TPSA) is 71.2 Å². The molecule has 0 saturated carbocycles. The van der Waals surface area contributed by atoms with Crippen LogP contribution in [0.1, 0.15) is 55.0 Å². The summed E-state index contributed by atoms with van der Waals surface area (Å²) in [6.45, 7) is 11.4. The van der Waals surface area contributed by atoms with E-state index in [0.29, 0.717) is 17.8 Å². The predicted octanol–water partition coefficient (Wildman–Crippen LogP) is 2.35. The zero-order valence-corrected chi connectivity index (χ0v) is 16.5. The van der Waals surface area contributed by atoms with E-state index in [4.69, 9.17) is 9.51 Å². The number of aryl methyl sites for hydroxylation is 2. The zero-order valence-electron chi connectivity index (χ0n) is 16.5. The Bertz CT molecular complexity index is 833. The maximum Gasteiger partial charge on any atom is 0.240 e. The van der Waals surface area contributed by atoms with Crippen molar-refractivity contribution in [2.75, 3.05) is 31.1 Å². The largest absolute Gasteiger partial charge is 0.356 e. The van der Waals surface area contributed by atoms with Crippen molar-refractivity contribution in [2.24, 2.45) is 11.8 Å². The molecule has 0 amide bonds. The SMILES string of the molecule is Cc1nc2c(c(N3CC4CN(Cc5nc(C(C)C)no5)CC4C3)n1)CCC2. The number of nitrogens with zero attached hydrogens (tertiary/aromatic N) is 6. The van der Waals surface area contributed by atoms with E-state index in [1.165, 1.54) is 23.5 Å². The Morgan fingerprint density at radius 3 is 2.52 bits per heavy atom. The molecule has 2 aromatic heterocycles. The molecule has 2 aliphatic heterocycles. The minimum atomic E-state index is 0.312. The normalized spacial score (nSPS) is 24.8. The fraction of sp³-hybridized carbons (Fsp3) is 0.700. The van der Waals surface area contributed by atoms with Gasteiger partial charge in [0, 0.05) is 43.4 Å². The molecule has 144 valence electrons. The standard InChI is InChI=1S/C20H28N6O/c1-12(2)19-23-18(27-24-19)11-25-7-14-9-26(10-15(14)8-25)20-16-5-4-6-17(16)21-13(3)22-20/h12,14-15H,4-11H2,1-3H3. The third kappa shape index (κ3) is 3.12. The lowest BCUT2D eigenvalue weighted by atomic mass is 10.0. The van der Waals surface area contributed by atoms with Gasteiger partial charge < -0.3 is 9.42 Å². The highest BCUT2D eigenvalue weighted by molar-refractivity contribution is 5.52. The fourth-order valence-electron chi connectivity index (χ4n) is 4.95. The summed E-state index contributed by atoms with van der Waals surface area (Å²) < 4.78 is 5.43. The van der Waals surface area contributed by atoms with Crippen molar-refractivity contribution in [2.45, 2.75) is 52.5 Å². The van der Waals surface area contributed by atoms with Crippen LogP contribution < -0.4 is 4.90 Å². The van der Waals surface area contributed by atoms with Gasteiger partial charge in [0.2, 0.25) is 5.89 Å². The molecule has 2 atom stereocenters. The number of aromatic nitrogens is 4. The lowest BCUT2D eigenvalue weighted by Gasteiger charge is -2.23. The number of likely N-dealkylation sites (tertiary alicyclic amines) is 1. The van der Waals surface area contributed by atoms with Crippen LogP contribution in [0, 0.1) is 18.8 Å². The second kappa shape index (κ2) is 6.55. The van der Waals surface area contributed by atoms with Crippen LogP contribution in [0.5, 0.6) is 0 Å². The molecule has 2 fully saturated rings. The predicted molar refractivity (Wildman–Crippen MR) is 102 cm³/mol. The van der Waals surface area contributed by atoms with E-state index >= 15 is 0 Å². The highest BCUT2D eigenvalue weighted by Gasteiger charge is 2.41. The minimum Gasteiger partial charge on any atom is -0.356 e. The van der Waals surface area contributed by atoms with Crippen LogP contribution in [-0.4, -0.2) is 51.2 Å². The summed E-state index contributed by atoms with van der Waals surface area (Å²) in [4.78, 5) is 19.0. The van der Waals surface area contributed by atoms with E-state index in [9.17, 15) is 0 Å². The Balaban J connectivity index is 1.25. The van der Waals surface area contributed by atoms with Crippen LogP contribution in [0.4, 0.5) is 5.82 Å². The maximum absolute atomic E-state index is 5.43. The molecule has 0 bridgehead atoms. The van der Waals surface area contributed by atoms with Crippen molar-refractivity contribution >= 4 is 5.82 Å². The number of hydrogen-bond acceptors (Lipinski definition) is 7. The maximum atomic E-state index is 5.43. The molecule has 5 rings (SSSR count). The molecule has 2 unspecified atom stereocenters. The molecule has 7 heteroatoms. The minimum absolute atomic E-state index is 0.312. The van der Waals surface area contributed by atoms with Crippen LogP contribution >= 0.6 is 0 Å². The van der Waals surface area contributed by atoms with Gasteiger partial charge in [-0.3, -0.25) is 4.90 Å². The number of rotatable bonds is 4. The second-order valence-electron chi connectivity index (χ2n) is 8.69. The summed E-state index contributed by atoms with van der Waals surface area (Å²) in [5, 5.41) is 4.09. The molecule has 0 spiro atoms. The fourth-order valence-corrected chi connectivity index (χ4v) is 4.95. The van der Waals surface area contributed by atoms with Gasteiger partial charge in [0.15, 0.2) is 5.82 Å². The lowest BCUT2D eigenvalue weighted by molar-refractivity contribution is 0.254.